The second-order valence-electron chi connectivity index (χ2n) is 11.1. The molecule has 0 aliphatic carbocycles. The summed E-state index contributed by atoms with van der Waals surface area (Å²) >= 11 is 1.83. The Hall–Kier alpha value is -5.71. The molecule has 4 heteroatoms. The minimum absolute atomic E-state index is 1.12. The number of para-hydroxylation sites is 5. The number of fused-ring (bicyclic) bond motifs is 2. The van der Waals surface area contributed by atoms with E-state index in [2.05, 4.69) is 203 Å². The van der Waals surface area contributed by atoms with Crippen LogP contribution in [0.25, 0.3) is 0 Å². The van der Waals surface area contributed by atoms with Crippen LogP contribution in [0.4, 0.5) is 51.2 Å². The molecule has 7 aromatic carbocycles. The maximum absolute atomic E-state index is 2.39. The molecule has 0 saturated carbocycles. The first kappa shape index (κ1) is 27.8. The van der Waals surface area contributed by atoms with Gasteiger partial charge in [-0.15, -0.1) is 0 Å². The van der Waals surface area contributed by atoms with E-state index >= 15 is 0 Å². The highest BCUT2D eigenvalue weighted by atomic mass is 32.2. The summed E-state index contributed by atoms with van der Waals surface area (Å²) in [5.41, 5.74) is 10.2. The molecule has 0 radical (unpaired) electrons. The molecular formula is C42H31N3S. The Kier molecular flexibility index (Phi) is 7.47. The van der Waals surface area contributed by atoms with Crippen molar-refractivity contribution in [1.29, 1.82) is 0 Å². The maximum atomic E-state index is 2.39. The van der Waals surface area contributed by atoms with Crippen molar-refractivity contribution in [3.05, 3.63) is 188 Å². The van der Waals surface area contributed by atoms with Crippen LogP contribution in [0.3, 0.4) is 0 Å². The van der Waals surface area contributed by atoms with Crippen molar-refractivity contribution in [3.8, 4) is 0 Å². The predicted octanol–water partition coefficient (Wildman–Crippen LogP) is 12.6. The van der Waals surface area contributed by atoms with Crippen molar-refractivity contribution < 1.29 is 0 Å². The van der Waals surface area contributed by atoms with Gasteiger partial charge in [0.25, 0.3) is 0 Å². The number of benzene rings is 7. The van der Waals surface area contributed by atoms with Gasteiger partial charge in [-0.3, -0.25) is 0 Å². The van der Waals surface area contributed by atoms with Gasteiger partial charge in [-0.2, -0.15) is 0 Å². The van der Waals surface area contributed by atoms with Crippen molar-refractivity contribution in [2.75, 3.05) is 14.7 Å². The van der Waals surface area contributed by atoms with Gasteiger partial charge in [-0.1, -0.05) is 103 Å². The van der Waals surface area contributed by atoms with Crippen LogP contribution in [0.1, 0.15) is 0 Å². The first-order chi connectivity index (χ1) is 22.8. The zero-order valence-corrected chi connectivity index (χ0v) is 26.0. The lowest BCUT2D eigenvalue weighted by Crippen LogP contribution is -2.17. The summed E-state index contributed by atoms with van der Waals surface area (Å²) in [4.78, 5) is 9.44. The lowest BCUT2D eigenvalue weighted by atomic mass is 10.1. The van der Waals surface area contributed by atoms with Crippen molar-refractivity contribution in [2.24, 2.45) is 0 Å². The van der Waals surface area contributed by atoms with Crippen LogP contribution in [0.15, 0.2) is 198 Å². The second-order valence-corrected chi connectivity index (χ2v) is 12.2. The van der Waals surface area contributed by atoms with Gasteiger partial charge in [0.1, 0.15) is 0 Å². The molecule has 0 saturated heterocycles. The summed E-state index contributed by atoms with van der Waals surface area (Å²) in [7, 11) is 0. The van der Waals surface area contributed by atoms with E-state index in [1.165, 1.54) is 21.2 Å². The fraction of sp³-hybridized carbons (Fsp3) is 0. The van der Waals surface area contributed by atoms with Crippen molar-refractivity contribution in [3.63, 3.8) is 0 Å². The smallest absolute Gasteiger partial charge is 0.0603 e. The Balaban J connectivity index is 1.28. The molecule has 0 aromatic heterocycles. The number of anilines is 9. The summed E-state index contributed by atoms with van der Waals surface area (Å²) in [6, 6.07) is 66.7. The monoisotopic (exact) mass is 609 g/mol. The molecule has 0 amide bonds. The molecule has 8 rings (SSSR count). The van der Waals surface area contributed by atoms with Gasteiger partial charge in [0.2, 0.25) is 0 Å². The summed E-state index contributed by atoms with van der Waals surface area (Å²) in [6.07, 6.45) is 0. The SMILES string of the molecule is c1ccc(N(c2ccccc2)c2ccc3c(c2)Sc2cc(N(c4ccccc4)c4ccccc4)ccc2N3c2ccccc2)cc1. The largest absolute Gasteiger partial charge is 0.310 e. The second kappa shape index (κ2) is 12.4. The van der Waals surface area contributed by atoms with E-state index in [0.717, 1.165) is 39.8 Å². The molecule has 1 aliphatic rings. The van der Waals surface area contributed by atoms with Gasteiger partial charge in [0.05, 0.1) is 11.4 Å². The van der Waals surface area contributed by atoms with Gasteiger partial charge in [-0.05, 0) is 97.1 Å². The highest BCUT2D eigenvalue weighted by Gasteiger charge is 2.27. The maximum Gasteiger partial charge on any atom is 0.0603 e. The molecule has 0 fully saturated rings. The Labute approximate surface area is 274 Å². The summed E-state index contributed by atoms with van der Waals surface area (Å²) in [5, 5.41) is 0. The zero-order valence-electron chi connectivity index (χ0n) is 25.1. The molecule has 7 aromatic rings. The van der Waals surface area contributed by atoms with E-state index in [1.807, 2.05) is 11.8 Å². The summed E-state index contributed by atoms with van der Waals surface area (Å²) in [6.45, 7) is 0. The molecule has 1 aliphatic heterocycles. The van der Waals surface area contributed by atoms with Crippen molar-refractivity contribution >= 4 is 62.9 Å². The predicted molar refractivity (Wildman–Crippen MR) is 195 cm³/mol. The highest BCUT2D eigenvalue weighted by molar-refractivity contribution is 7.99. The normalized spacial score (nSPS) is 11.8. The van der Waals surface area contributed by atoms with Crippen LogP contribution in [0.5, 0.6) is 0 Å². The quantitative estimate of drug-likeness (QED) is 0.178. The first-order valence-electron chi connectivity index (χ1n) is 15.5. The average molecular weight is 610 g/mol. The Morgan fingerprint density at radius 3 is 1.00 bits per heavy atom. The van der Waals surface area contributed by atoms with Crippen LogP contribution in [0.2, 0.25) is 0 Å². The van der Waals surface area contributed by atoms with Gasteiger partial charge in [-0.25, -0.2) is 0 Å². The Morgan fingerprint density at radius 2 is 0.652 bits per heavy atom. The van der Waals surface area contributed by atoms with Gasteiger partial charge in [0, 0.05) is 49.6 Å². The van der Waals surface area contributed by atoms with Gasteiger partial charge in [0.15, 0.2) is 0 Å². The molecular weight excluding hydrogens is 579 g/mol. The Bertz CT molecular complexity index is 1860. The third-order valence-electron chi connectivity index (χ3n) is 8.18. The van der Waals surface area contributed by atoms with Crippen LogP contribution < -0.4 is 14.7 Å². The summed E-state index contributed by atoms with van der Waals surface area (Å²) < 4.78 is 0. The Morgan fingerprint density at radius 1 is 0.326 bits per heavy atom. The van der Waals surface area contributed by atoms with Crippen LogP contribution in [-0.4, -0.2) is 0 Å². The molecule has 3 nitrogen and oxygen atoms in total. The molecule has 0 atom stereocenters. The highest BCUT2D eigenvalue weighted by Crippen LogP contribution is 2.54. The lowest BCUT2D eigenvalue weighted by molar-refractivity contribution is 1.15. The van der Waals surface area contributed by atoms with E-state index in [0.29, 0.717) is 0 Å². The van der Waals surface area contributed by atoms with Crippen LogP contribution >= 0.6 is 11.8 Å². The number of hydrogen-bond donors (Lipinski definition) is 0. The van der Waals surface area contributed by atoms with Crippen LogP contribution in [-0.2, 0) is 0 Å². The van der Waals surface area contributed by atoms with E-state index in [1.54, 1.807) is 0 Å². The summed E-state index contributed by atoms with van der Waals surface area (Å²) in [5.74, 6) is 0. The topological polar surface area (TPSA) is 9.72 Å². The van der Waals surface area contributed by atoms with E-state index in [9.17, 15) is 0 Å². The van der Waals surface area contributed by atoms with E-state index in [4.69, 9.17) is 0 Å². The molecule has 0 N–H and O–H groups in total. The third kappa shape index (κ3) is 5.29. The third-order valence-corrected chi connectivity index (χ3v) is 9.27. The lowest BCUT2D eigenvalue weighted by Gasteiger charge is -2.35. The van der Waals surface area contributed by atoms with E-state index in [-0.39, 0.29) is 0 Å². The number of rotatable bonds is 7. The van der Waals surface area contributed by atoms with Crippen molar-refractivity contribution in [2.45, 2.75) is 9.79 Å². The molecule has 0 unspecified atom stereocenters. The fourth-order valence-electron chi connectivity index (χ4n) is 6.12. The first-order valence-corrected chi connectivity index (χ1v) is 16.3. The minimum atomic E-state index is 1.12. The molecule has 0 bridgehead atoms. The molecule has 46 heavy (non-hydrogen) atoms. The molecule has 0 spiro atoms. The zero-order chi connectivity index (χ0) is 30.7. The number of hydrogen-bond acceptors (Lipinski definition) is 4. The van der Waals surface area contributed by atoms with Crippen LogP contribution in [0, 0.1) is 0 Å². The van der Waals surface area contributed by atoms with Crippen molar-refractivity contribution in [1.82, 2.24) is 0 Å². The van der Waals surface area contributed by atoms with Gasteiger partial charge >= 0.3 is 0 Å². The molecule has 1 heterocycles. The molecule has 220 valence electrons. The van der Waals surface area contributed by atoms with E-state index < -0.39 is 0 Å². The standard InChI is InChI=1S/C42H31N3S/c1-6-16-32(17-7-1)43(33-18-8-2-9-19-33)37-26-28-39-41(30-37)46-42-31-38(27-29-40(42)45(39)36-24-14-5-15-25-36)44(34-20-10-3-11-21-34)35-22-12-4-13-23-35/h1-31H. The number of nitrogens with zero attached hydrogens (tertiary/aromatic N) is 3. The van der Waals surface area contributed by atoms with Gasteiger partial charge < -0.3 is 14.7 Å². The minimum Gasteiger partial charge on any atom is -0.310 e. The average Bonchev–Trinajstić information content (AvgIpc) is 3.13. The fourth-order valence-corrected chi connectivity index (χ4v) is 7.25.